The number of rotatable bonds is 2. The average Bonchev–Trinajstić information content (AvgIpc) is 2.50. The van der Waals surface area contributed by atoms with Crippen molar-refractivity contribution in [3.8, 4) is 0 Å². The highest BCUT2D eigenvalue weighted by Crippen LogP contribution is 2.17. The largest absolute Gasteiger partial charge is 0.454 e. The van der Waals surface area contributed by atoms with E-state index in [1.165, 1.54) is 6.20 Å². The van der Waals surface area contributed by atoms with Gasteiger partial charge in [-0.25, -0.2) is 0 Å². The third-order valence-electron chi connectivity index (χ3n) is 1.86. The molecule has 0 amide bonds. The Hall–Kier alpha value is -1.00. The Bertz CT molecular complexity index is 216. The van der Waals surface area contributed by atoms with Gasteiger partial charge in [0.2, 0.25) is 0 Å². The molecule has 0 spiro atoms. The standard InChI is InChI=1S/C8H10F3NO/c9-8(10,11)7(13)3-6-12-4-1-2-5-12/h3,6H,1-2,4-5H2/b6-3+. The number of carbonyl (C=O) groups excluding carboxylic acids is 1. The van der Waals surface area contributed by atoms with Crippen molar-refractivity contribution in [1.82, 2.24) is 4.90 Å². The van der Waals surface area contributed by atoms with Crippen molar-refractivity contribution >= 4 is 5.78 Å². The Kier molecular flexibility index (Phi) is 2.95. The van der Waals surface area contributed by atoms with Crippen molar-refractivity contribution < 1.29 is 18.0 Å². The first-order valence-corrected chi connectivity index (χ1v) is 4.03. The fourth-order valence-electron chi connectivity index (χ4n) is 1.16. The van der Waals surface area contributed by atoms with Crippen LogP contribution in [0.3, 0.4) is 0 Å². The first kappa shape index (κ1) is 10.1. The Labute approximate surface area is 74.0 Å². The second-order valence-corrected chi connectivity index (χ2v) is 2.92. The van der Waals surface area contributed by atoms with Crippen LogP contribution in [0.2, 0.25) is 0 Å². The number of hydrogen-bond donors (Lipinski definition) is 0. The maximum atomic E-state index is 11.7. The van der Waals surface area contributed by atoms with Gasteiger partial charge in [-0.05, 0) is 12.8 Å². The van der Waals surface area contributed by atoms with Gasteiger partial charge in [-0.1, -0.05) is 0 Å². The maximum Gasteiger partial charge on any atom is 0.454 e. The van der Waals surface area contributed by atoms with Gasteiger partial charge in [0, 0.05) is 25.4 Å². The van der Waals surface area contributed by atoms with E-state index in [2.05, 4.69) is 0 Å². The van der Waals surface area contributed by atoms with Crippen LogP contribution in [-0.2, 0) is 4.79 Å². The number of nitrogens with zero attached hydrogens (tertiary/aromatic N) is 1. The minimum atomic E-state index is -4.74. The number of alkyl halides is 3. The van der Waals surface area contributed by atoms with Crippen molar-refractivity contribution in [2.75, 3.05) is 13.1 Å². The van der Waals surface area contributed by atoms with E-state index in [-0.39, 0.29) is 0 Å². The van der Waals surface area contributed by atoms with Gasteiger partial charge in [0.05, 0.1) is 0 Å². The summed E-state index contributed by atoms with van der Waals surface area (Å²) in [5.74, 6) is -1.79. The zero-order valence-corrected chi connectivity index (χ0v) is 6.97. The van der Waals surface area contributed by atoms with Crippen LogP contribution < -0.4 is 0 Å². The summed E-state index contributed by atoms with van der Waals surface area (Å²) in [7, 11) is 0. The number of likely N-dealkylation sites (tertiary alicyclic amines) is 1. The van der Waals surface area contributed by atoms with Gasteiger partial charge >= 0.3 is 6.18 Å². The molecule has 0 bridgehead atoms. The SMILES string of the molecule is O=C(/C=C/N1CCCC1)C(F)(F)F. The molecule has 1 aliphatic rings. The molecular formula is C8H10F3NO. The van der Waals surface area contributed by atoms with E-state index in [4.69, 9.17) is 0 Å². The van der Waals surface area contributed by atoms with Gasteiger partial charge in [0.25, 0.3) is 5.78 Å². The molecule has 0 aromatic carbocycles. The van der Waals surface area contributed by atoms with Gasteiger partial charge in [0.1, 0.15) is 0 Å². The van der Waals surface area contributed by atoms with Crippen LogP contribution in [0.25, 0.3) is 0 Å². The van der Waals surface area contributed by atoms with Gasteiger partial charge < -0.3 is 4.90 Å². The van der Waals surface area contributed by atoms with E-state index < -0.39 is 12.0 Å². The van der Waals surface area contributed by atoms with Crippen LogP contribution in [0.1, 0.15) is 12.8 Å². The smallest absolute Gasteiger partial charge is 0.377 e. The Balaban J connectivity index is 2.43. The number of ketones is 1. The second-order valence-electron chi connectivity index (χ2n) is 2.92. The molecule has 1 fully saturated rings. The summed E-state index contributed by atoms with van der Waals surface area (Å²) in [5.41, 5.74) is 0. The number of carbonyl (C=O) groups is 1. The van der Waals surface area contributed by atoms with Crippen LogP contribution in [0.5, 0.6) is 0 Å². The molecule has 0 saturated carbocycles. The summed E-state index contributed by atoms with van der Waals surface area (Å²) in [6.07, 6.45) is -0.973. The quantitative estimate of drug-likeness (QED) is 0.622. The summed E-state index contributed by atoms with van der Waals surface area (Å²) in [6.45, 7) is 1.48. The Morgan fingerprint density at radius 1 is 1.23 bits per heavy atom. The van der Waals surface area contributed by atoms with Crippen molar-refractivity contribution in [2.45, 2.75) is 19.0 Å². The zero-order chi connectivity index (χ0) is 9.90. The average molecular weight is 193 g/mol. The number of halogens is 3. The molecule has 0 aromatic heterocycles. The molecule has 74 valence electrons. The van der Waals surface area contributed by atoms with E-state index in [1.807, 2.05) is 0 Å². The Morgan fingerprint density at radius 2 is 1.77 bits per heavy atom. The normalized spacial score (nSPS) is 18.5. The summed E-state index contributed by atoms with van der Waals surface area (Å²) in [5, 5.41) is 0. The molecular weight excluding hydrogens is 183 g/mol. The lowest BCUT2D eigenvalue weighted by Gasteiger charge is -2.09. The molecule has 0 N–H and O–H groups in total. The molecule has 1 saturated heterocycles. The highest BCUT2D eigenvalue weighted by molar-refractivity contribution is 5.94. The monoisotopic (exact) mass is 193 g/mol. The van der Waals surface area contributed by atoms with Crippen molar-refractivity contribution in [1.29, 1.82) is 0 Å². The third-order valence-corrected chi connectivity index (χ3v) is 1.86. The fourth-order valence-corrected chi connectivity index (χ4v) is 1.16. The zero-order valence-electron chi connectivity index (χ0n) is 6.97. The molecule has 1 heterocycles. The lowest BCUT2D eigenvalue weighted by atomic mass is 10.4. The topological polar surface area (TPSA) is 20.3 Å². The molecule has 0 aliphatic carbocycles. The van der Waals surface area contributed by atoms with Gasteiger partial charge in [-0.2, -0.15) is 13.2 Å². The molecule has 13 heavy (non-hydrogen) atoms. The molecule has 0 unspecified atom stereocenters. The van der Waals surface area contributed by atoms with E-state index in [1.54, 1.807) is 4.90 Å². The van der Waals surface area contributed by atoms with Gasteiger partial charge in [0.15, 0.2) is 0 Å². The first-order valence-electron chi connectivity index (χ1n) is 4.03. The molecule has 2 nitrogen and oxygen atoms in total. The lowest BCUT2D eigenvalue weighted by Crippen LogP contribution is -2.21. The molecule has 0 aromatic rings. The number of allylic oxidation sites excluding steroid dienone is 1. The van der Waals surface area contributed by atoms with Crippen molar-refractivity contribution in [3.05, 3.63) is 12.3 Å². The molecule has 0 radical (unpaired) electrons. The predicted molar refractivity (Wildman–Crippen MR) is 41.0 cm³/mol. The van der Waals surface area contributed by atoms with Crippen LogP contribution in [0.4, 0.5) is 13.2 Å². The number of hydrogen-bond acceptors (Lipinski definition) is 2. The summed E-state index contributed by atoms with van der Waals surface area (Å²) >= 11 is 0. The summed E-state index contributed by atoms with van der Waals surface area (Å²) in [6, 6.07) is 0. The lowest BCUT2D eigenvalue weighted by molar-refractivity contribution is -0.165. The minimum absolute atomic E-state index is 0.589. The third kappa shape index (κ3) is 3.08. The molecule has 1 rings (SSSR count). The van der Waals surface area contributed by atoms with Crippen molar-refractivity contribution in [3.63, 3.8) is 0 Å². The van der Waals surface area contributed by atoms with E-state index in [0.717, 1.165) is 25.9 Å². The van der Waals surface area contributed by atoms with Crippen molar-refractivity contribution in [2.24, 2.45) is 0 Å². The summed E-state index contributed by atoms with van der Waals surface area (Å²) in [4.78, 5) is 12.1. The summed E-state index contributed by atoms with van der Waals surface area (Å²) < 4.78 is 35.1. The molecule has 1 aliphatic heterocycles. The molecule has 0 atom stereocenters. The van der Waals surface area contributed by atoms with Gasteiger partial charge in [-0.3, -0.25) is 4.79 Å². The highest BCUT2D eigenvalue weighted by Gasteiger charge is 2.36. The van der Waals surface area contributed by atoms with E-state index in [0.29, 0.717) is 6.08 Å². The second kappa shape index (κ2) is 3.81. The van der Waals surface area contributed by atoms with E-state index >= 15 is 0 Å². The van der Waals surface area contributed by atoms with Crippen LogP contribution in [-0.4, -0.2) is 29.9 Å². The Morgan fingerprint density at radius 3 is 2.23 bits per heavy atom. The van der Waals surface area contributed by atoms with Crippen LogP contribution in [0, 0.1) is 0 Å². The predicted octanol–water partition coefficient (Wildman–Crippen LogP) is 1.73. The first-order chi connectivity index (χ1) is 6.00. The van der Waals surface area contributed by atoms with Crippen LogP contribution in [0.15, 0.2) is 12.3 Å². The van der Waals surface area contributed by atoms with E-state index in [9.17, 15) is 18.0 Å². The van der Waals surface area contributed by atoms with Gasteiger partial charge in [-0.15, -0.1) is 0 Å². The van der Waals surface area contributed by atoms with Crippen LogP contribution >= 0.6 is 0 Å². The maximum absolute atomic E-state index is 11.7. The fraction of sp³-hybridized carbons (Fsp3) is 0.625. The minimum Gasteiger partial charge on any atom is -0.377 e. The molecule has 5 heteroatoms. The highest BCUT2D eigenvalue weighted by atomic mass is 19.4.